The molecule has 0 aliphatic heterocycles. The number of methoxy groups -OCH3 is 1. The zero-order chi connectivity index (χ0) is 17.3. The van der Waals surface area contributed by atoms with Gasteiger partial charge in [0.05, 0.1) is 7.11 Å². The molecule has 0 unspecified atom stereocenters. The average molecular weight is 371 g/mol. The highest BCUT2D eigenvalue weighted by Gasteiger charge is 2.06. The molecule has 0 fully saturated rings. The third kappa shape index (κ3) is 5.76. The van der Waals surface area contributed by atoms with Crippen LogP contribution in [-0.2, 0) is 19.7 Å². The number of pyridine rings is 1. The molecule has 0 amide bonds. The number of benzene rings is 2. The summed E-state index contributed by atoms with van der Waals surface area (Å²) in [6.45, 7) is 2.06. The Bertz CT molecular complexity index is 783. The molecule has 3 aromatic rings. The predicted molar refractivity (Wildman–Crippen MR) is 106 cm³/mol. The molecule has 0 aliphatic rings. The first-order valence-electron chi connectivity index (χ1n) is 8.28. The van der Waals surface area contributed by atoms with E-state index >= 15 is 0 Å². The minimum absolute atomic E-state index is 0. The summed E-state index contributed by atoms with van der Waals surface area (Å²) in [5.74, 6) is 1.50. The number of nitrogens with one attached hydrogen (secondary N) is 1. The molecule has 5 heteroatoms. The number of halogens is 1. The first kappa shape index (κ1) is 19.8. The van der Waals surface area contributed by atoms with Crippen LogP contribution in [0.3, 0.4) is 0 Å². The first-order chi connectivity index (χ1) is 12.3. The number of aromatic nitrogens is 1. The highest BCUT2D eigenvalue weighted by molar-refractivity contribution is 5.85. The van der Waals surface area contributed by atoms with Crippen LogP contribution in [0.4, 0.5) is 0 Å². The van der Waals surface area contributed by atoms with E-state index < -0.39 is 0 Å². The second kappa shape index (κ2) is 10.4. The summed E-state index contributed by atoms with van der Waals surface area (Å²) in [4.78, 5) is 4.12. The van der Waals surface area contributed by atoms with Crippen molar-refractivity contribution in [3.05, 3.63) is 89.7 Å². The van der Waals surface area contributed by atoms with Crippen LogP contribution in [0.1, 0.15) is 16.7 Å². The van der Waals surface area contributed by atoms with Crippen LogP contribution >= 0.6 is 12.4 Å². The zero-order valence-corrected chi connectivity index (χ0v) is 15.5. The second-order valence-electron chi connectivity index (χ2n) is 5.72. The fraction of sp³-hybridized carbons (Fsp3) is 0.190. The van der Waals surface area contributed by atoms with Gasteiger partial charge in [0.15, 0.2) is 11.5 Å². The molecule has 0 spiro atoms. The largest absolute Gasteiger partial charge is 0.493 e. The van der Waals surface area contributed by atoms with Crippen LogP contribution in [0.2, 0.25) is 0 Å². The zero-order valence-electron chi connectivity index (χ0n) is 14.7. The number of hydrogen-bond acceptors (Lipinski definition) is 4. The van der Waals surface area contributed by atoms with Crippen LogP contribution in [0.15, 0.2) is 73.1 Å². The Kier molecular flexibility index (Phi) is 7.93. The summed E-state index contributed by atoms with van der Waals surface area (Å²) in [5.41, 5.74) is 3.44. The molecule has 136 valence electrons. The summed E-state index contributed by atoms with van der Waals surface area (Å²) in [7, 11) is 1.66. The first-order valence-corrected chi connectivity index (χ1v) is 8.28. The van der Waals surface area contributed by atoms with Gasteiger partial charge in [-0.15, -0.1) is 12.4 Å². The van der Waals surface area contributed by atoms with E-state index in [-0.39, 0.29) is 12.4 Å². The summed E-state index contributed by atoms with van der Waals surface area (Å²) < 4.78 is 11.4. The van der Waals surface area contributed by atoms with Crippen molar-refractivity contribution < 1.29 is 9.47 Å². The molecule has 1 N–H and O–H groups in total. The molecule has 0 radical (unpaired) electrons. The van der Waals surface area contributed by atoms with Crippen LogP contribution < -0.4 is 14.8 Å². The molecule has 3 rings (SSSR count). The van der Waals surface area contributed by atoms with Crippen molar-refractivity contribution in [3.8, 4) is 11.5 Å². The van der Waals surface area contributed by atoms with E-state index in [1.807, 2.05) is 54.7 Å². The van der Waals surface area contributed by atoms with E-state index in [2.05, 4.69) is 22.4 Å². The lowest BCUT2D eigenvalue weighted by Gasteiger charge is -2.13. The summed E-state index contributed by atoms with van der Waals surface area (Å²) >= 11 is 0. The standard InChI is InChI=1S/C21H22N2O2.ClH/c1-24-21-12-18(13-23-15-19-8-5-11-22-14-19)9-10-20(21)25-16-17-6-3-2-4-7-17;/h2-12,14,23H,13,15-16H2,1H3;1H. The molecular formula is C21H23ClN2O2. The van der Waals surface area contributed by atoms with Crippen LogP contribution in [0.25, 0.3) is 0 Å². The molecule has 1 aromatic heterocycles. The SMILES string of the molecule is COc1cc(CNCc2cccnc2)ccc1OCc1ccccc1.Cl. The lowest BCUT2D eigenvalue weighted by molar-refractivity contribution is 0.284. The maximum Gasteiger partial charge on any atom is 0.161 e. The van der Waals surface area contributed by atoms with Crippen molar-refractivity contribution in [3.63, 3.8) is 0 Å². The van der Waals surface area contributed by atoms with Gasteiger partial charge in [-0.1, -0.05) is 42.5 Å². The van der Waals surface area contributed by atoms with Gasteiger partial charge in [-0.3, -0.25) is 4.98 Å². The number of nitrogens with zero attached hydrogens (tertiary/aromatic N) is 1. The molecule has 0 saturated carbocycles. The van der Waals surface area contributed by atoms with E-state index in [0.29, 0.717) is 6.61 Å². The molecular weight excluding hydrogens is 348 g/mol. The Balaban J connectivity index is 0.00000243. The van der Waals surface area contributed by atoms with Crippen molar-refractivity contribution in [1.29, 1.82) is 0 Å². The van der Waals surface area contributed by atoms with Crippen molar-refractivity contribution in [1.82, 2.24) is 10.3 Å². The number of hydrogen-bond donors (Lipinski definition) is 1. The van der Waals surface area contributed by atoms with E-state index in [1.165, 1.54) is 0 Å². The quantitative estimate of drug-likeness (QED) is 0.639. The number of rotatable bonds is 8. The average Bonchev–Trinajstić information content (AvgIpc) is 2.68. The summed E-state index contributed by atoms with van der Waals surface area (Å²) in [6.07, 6.45) is 3.65. The lowest BCUT2D eigenvalue weighted by atomic mass is 10.2. The van der Waals surface area contributed by atoms with Gasteiger partial charge in [-0.25, -0.2) is 0 Å². The molecule has 0 aliphatic carbocycles. The minimum Gasteiger partial charge on any atom is -0.493 e. The molecule has 0 saturated heterocycles. The lowest BCUT2D eigenvalue weighted by Crippen LogP contribution is -2.12. The monoisotopic (exact) mass is 370 g/mol. The normalized spacial score (nSPS) is 10.0. The van der Waals surface area contributed by atoms with Crippen molar-refractivity contribution in [2.75, 3.05) is 7.11 Å². The highest BCUT2D eigenvalue weighted by atomic mass is 35.5. The molecule has 1 heterocycles. The van der Waals surface area contributed by atoms with Gasteiger partial charge >= 0.3 is 0 Å². The summed E-state index contributed by atoms with van der Waals surface area (Å²) in [6, 6.07) is 20.1. The van der Waals surface area contributed by atoms with Crippen LogP contribution in [0, 0.1) is 0 Å². The Morgan fingerprint density at radius 2 is 1.62 bits per heavy atom. The predicted octanol–water partition coefficient (Wildman–Crippen LogP) is 4.38. The summed E-state index contributed by atoms with van der Waals surface area (Å²) in [5, 5.41) is 3.41. The smallest absolute Gasteiger partial charge is 0.161 e. The topological polar surface area (TPSA) is 43.4 Å². The fourth-order valence-electron chi connectivity index (χ4n) is 2.53. The van der Waals surface area contributed by atoms with Gasteiger partial charge in [0.1, 0.15) is 6.61 Å². The molecule has 26 heavy (non-hydrogen) atoms. The van der Waals surface area contributed by atoms with Gasteiger partial charge in [-0.2, -0.15) is 0 Å². The molecule has 4 nitrogen and oxygen atoms in total. The third-order valence-corrected chi connectivity index (χ3v) is 3.85. The van der Waals surface area contributed by atoms with Crippen LogP contribution in [-0.4, -0.2) is 12.1 Å². The Morgan fingerprint density at radius 3 is 2.35 bits per heavy atom. The minimum atomic E-state index is 0. The van der Waals surface area contributed by atoms with Gasteiger partial charge in [-0.05, 0) is 34.9 Å². The van der Waals surface area contributed by atoms with E-state index in [4.69, 9.17) is 9.47 Å². The molecule has 0 atom stereocenters. The van der Waals surface area contributed by atoms with Crippen molar-refractivity contribution >= 4 is 12.4 Å². The van der Waals surface area contributed by atoms with Crippen LogP contribution in [0.5, 0.6) is 11.5 Å². The highest BCUT2D eigenvalue weighted by Crippen LogP contribution is 2.28. The Hall–Kier alpha value is -2.56. The molecule has 2 aromatic carbocycles. The Labute approximate surface area is 160 Å². The van der Waals surface area contributed by atoms with Crippen molar-refractivity contribution in [2.45, 2.75) is 19.7 Å². The van der Waals surface area contributed by atoms with E-state index in [0.717, 1.165) is 41.3 Å². The Morgan fingerprint density at radius 1 is 0.846 bits per heavy atom. The number of ether oxygens (including phenoxy) is 2. The van der Waals surface area contributed by atoms with Gasteiger partial charge in [0.25, 0.3) is 0 Å². The second-order valence-corrected chi connectivity index (χ2v) is 5.72. The molecule has 0 bridgehead atoms. The van der Waals surface area contributed by atoms with E-state index in [9.17, 15) is 0 Å². The fourth-order valence-corrected chi connectivity index (χ4v) is 2.53. The maximum absolute atomic E-state index is 5.89. The van der Waals surface area contributed by atoms with E-state index in [1.54, 1.807) is 13.3 Å². The van der Waals surface area contributed by atoms with Gasteiger partial charge in [0, 0.05) is 25.5 Å². The van der Waals surface area contributed by atoms with Gasteiger partial charge < -0.3 is 14.8 Å². The van der Waals surface area contributed by atoms with Gasteiger partial charge in [0.2, 0.25) is 0 Å². The maximum atomic E-state index is 5.89. The third-order valence-electron chi connectivity index (χ3n) is 3.85. The van der Waals surface area contributed by atoms with Crippen molar-refractivity contribution in [2.24, 2.45) is 0 Å².